The first-order chi connectivity index (χ1) is 18.0. The minimum absolute atomic E-state index is 0.0393. The number of benzene rings is 2. The van der Waals surface area contributed by atoms with Gasteiger partial charge >= 0.3 is 5.97 Å². The summed E-state index contributed by atoms with van der Waals surface area (Å²) in [7, 11) is 0. The zero-order valence-electron chi connectivity index (χ0n) is 19.9. The van der Waals surface area contributed by atoms with E-state index >= 15 is 4.39 Å². The number of halogens is 2. The van der Waals surface area contributed by atoms with E-state index in [4.69, 9.17) is 43.1 Å². The predicted molar refractivity (Wildman–Crippen MR) is 131 cm³/mol. The van der Waals surface area contributed by atoms with Crippen LogP contribution in [0.1, 0.15) is 34.4 Å². The van der Waals surface area contributed by atoms with Crippen molar-refractivity contribution in [2.75, 3.05) is 0 Å². The number of nitrogens with zero attached hydrogens (tertiary/aromatic N) is 4. The van der Waals surface area contributed by atoms with Crippen LogP contribution in [-0.4, -0.2) is 27.7 Å². The molecule has 0 fully saturated rings. The first-order valence-corrected chi connectivity index (χ1v) is 11.3. The van der Waals surface area contributed by atoms with Gasteiger partial charge in [0.2, 0.25) is 5.91 Å². The smallest absolute Gasteiger partial charge is 0.325 e. The number of hydrogen-bond donors (Lipinski definition) is 2. The number of ether oxygens (including phenoxy) is 2. The van der Waals surface area contributed by atoms with Crippen molar-refractivity contribution in [1.29, 1.82) is 10.5 Å². The molecule has 0 bridgehead atoms. The Morgan fingerprint density at radius 2 is 1.84 bits per heavy atom. The van der Waals surface area contributed by atoms with E-state index < -0.39 is 42.4 Å². The second kappa shape index (κ2) is 12.0. The van der Waals surface area contributed by atoms with Crippen LogP contribution in [0.4, 0.5) is 4.39 Å². The highest BCUT2D eigenvalue weighted by Crippen LogP contribution is 2.35. The van der Waals surface area contributed by atoms with Crippen LogP contribution in [0.5, 0.6) is 11.5 Å². The van der Waals surface area contributed by atoms with Gasteiger partial charge in [0.25, 0.3) is 5.56 Å². The average Bonchev–Trinajstić information content (AvgIpc) is 2.88. The lowest BCUT2D eigenvalue weighted by atomic mass is 10.1. The number of aromatic nitrogens is 2. The van der Waals surface area contributed by atoms with Gasteiger partial charge in [-0.15, -0.1) is 0 Å². The number of aryl methyl sites for hydroxylation is 1. The van der Waals surface area contributed by atoms with E-state index in [0.29, 0.717) is 0 Å². The van der Waals surface area contributed by atoms with Crippen molar-refractivity contribution in [2.24, 2.45) is 11.5 Å². The standard InChI is InChI=1S/C25H20ClFN6O5/c1-13-4-17(32-33(24(13)35)12-37-25(36)20(30)9-21(31)34)8-16-2-3-19(26)23(22(16)27)38-18-6-14(10-28)5-15(7-18)11-29/h2-7,20H,8-9,12,30H2,1H3,(H2,31,34)/t20-/m0/s1. The number of nitriles is 2. The van der Waals surface area contributed by atoms with Crippen molar-refractivity contribution < 1.29 is 23.5 Å². The monoisotopic (exact) mass is 538 g/mol. The van der Waals surface area contributed by atoms with Gasteiger partial charge in [0.1, 0.15) is 11.8 Å². The largest absolute Gasteiger partial charge is 0.453 e. The summed E-state index contributed by atoms with van der Waals surface area (Å²) in [5.41, 5.74) is 10.9. The molecule has 0 saturated carbocycles. The molecule has 1 amide bonds. The molecule has 0 saturated heterocycles. The van der Waals surface area contributed by atoms with Crippen LogP contribution in [0.3, 0.4) is 0 Å². The number of carbonyl (C=O) groups is 2. The Labute approximate surface area is 220 Å². The molecule has 0 aliphatic carbocycles. The molecular weight excluding hydrogens is 519 g/mol. The van der Waals surface area contributed by atoms with Gasteiger partial charge < -0.3 is 20.9 Å². The summed E-state index contributed by atoms with van der Waals surface area (Å²) in [6.45, 7) is 0.916. The molecular formula is C25H20ClFN6O5. The normalized spacial score (nSPS) is 11.2. The fraction of sp³-hybridized carbons (Fsp3) is 0.200. The van der Waals surface area contributed by atoms with E-state index in [0.717, 1.165) is 4.68 Å². The maximum atomic E-state index is 15.4. The molecule has 194 valence electrons. The Bertz CT molecular complexity index is 1530. The Hall–Kier alpha value is -4.78. The number of nitrogens with two attached hydrogens (primary N) is 2. The van der Waals surface area contributed by atoms with Crippen LogP contribution in [0.25, 0.3) is 0 Å². The van der Waals surface area contributed by atoms with E-state index in [1.807, 2.05) is 12.1 Å². The van der Waals surface area contributed by atoms with Crippen molar-refractivity contribution in [1.82, 2.24) is 9.78 Å². The van der Waals surface area contributed by atoms with Crippen LogP contribution >= 0.6 is 11.6 Å². The van der Waals surface area contributed by atoms with Crippen molar-refractivity contribution in [3.8, 4) is 23.6 Å². The minimum atomic E-state index is -1.30. The summed E-state index contributed by atoms with van der Waals surface area (Å²) in [6, 6.07) is 10.8. The number of carbonyl (C=O) groups excluding carboxylic acids is 2. The number of primary amides is 1. The third-order valence-corrected chi connectivity index (χ3v) is 5.44. The number of hydrogen-bond acceptors (Lipinski definition) is 9. The van der Waals surface area contributed by atoms with Gasteiger partial charge in [-0.3, -0.25) is 14.4 Å². The molecule has 0 spiro atoms. The zero-order chi connectivity index (χ0) is 28.0. The molecule has 4 N–H and O–H groups in total. The maximum Gasteiger partial charge on any atom is 0.325 e. The van der Waals surface area contributed by atoms with Crippen LogP contribution in [0, 0.1) is 35.4 Å². The first-order valence-electron chi connectivity index (χ1n) is 10.9. The molecule has 0 radical (unpaired) electrons. The van der Waals surface area contributed by atoms with Gasteiger partial charge in [-0.2, -0.15) is 20.3 Å². The number of amides is 1. The van der Waals surface area contributed by atoms with E-state index in [9.17, 15) is 14.4 Å². The zero-order valence-corrected chi connectivity index (χ0v) is 20.7. The molecule has 11 nitrogen and oxygen atoms in total. The molecule has 1 atom stereocenters. The molecule has 0 unspecified atom stereocenters. The Kier molecular flexibility index (Phi) is 8.76. The predicted octanol–water partition coefficient (Wildman–Crippen LogP) is 2.17. The van der Waals surface area contributed by atoms with Crippen molar-refractivity contribution >= 4 is 23.5 Å². The second-order valence-corrected chi connectivity index (χ2v) is 8.50. The fourth-order valence-corrected chi connectivity index (χ4v) is 3.54. The van der Waals surface area contributed by atoms with Crippen LogP contribution < -0.4 is 21.8 Å². The molecule has 13 heteroatoms. The van der Waals surface area contributed by atoms with E-state index in [2.05, 4.69) is 5.10 Å². The van der Waals surface area contributed by atoms with Gasteiger partial charge in [-0.05, 0) is 42.8 Å². The van der Waals surface area contributed by atoms with Crippen LogP contribution in [0.15, 0.2) is 41.2 Å². The van der Waals surface area contributed by atoms with Gasteiger partial charge in [-0.1, -0.05) is 17.7 Å². The minimum Gasteiger partial charge on any atom is -0.453 e. The third-order valence-electron chi connectivity index (χ3n) is 5.14. The highest BCUT2D eigenvalue weighted by atomic mass is 35.5. The SMILES string of the molecule is Cc1cc(Cc2ccc(Cl)c(Oc3cc(C#N)cc(C#N)c3)c2F)nn(COC(=O)[C@@H](N)CC(N)=O)c1=O. The van der Waals surface area contributed by atoms with Gasteiger partial charge in [0, 0.05) is 12.0 Å². The van der Waals surface area contributed by atoms with E-state index in [1.165, 1.54) is 43.3 Å². The summed E-state index contributed by atoms with van der Waals surface area (Å²) >= 11 is 6.16. The third kappa shape index (κ3) is 6.70. The fourth-order valence-electron chi connectivity index (χ4n) is 3.35. The summed E-state index contributed by atoms with van der Waals surface area (Å²) in [6.07, 6.45) is -0.531. The lowest BCUT2D eigenvalue weighted by Crippen LogP contribution is -2.38. The van der Waals surface area contributed by atoms with E-state index in [-0.39, 0.29) is 50.9 Å². The van der Waals surface area contributed by atoms with E-state index in [1.54, 1.807) is 0 Å². The number of esters is 1. The molecule has 38 heavy (non-hydrogen) atoms. The maximum absolute atomic E-state index is 15.4. The van der Waals surface area contributed by atoms with Gasteiger partial charge in [0.05, 0.1) is 40.4 Å². The van der Waals surface area contributed by atoms with Gasteiger partial charge in [0.15, 0.2) is 18.3 Å². The Balaban J connectivity index is 1.87. The van der Waals surface area contributed by atoms with Crippen molar-refractivity contribution in [3.63, 3.8) is 0 Å². The molecule has 0 aliphatic rings. The first kappa shape index (κ1) is 27.8. The summed E-state index contributed by atoms with van der Waals surface area (Å²) in [5, 5.41) is 22.4. The van der Waals surface area contributed by atoms with Crippen LogP contribution in [0.2, 0.25) is 5.02 Å². The highest BCUT2D eigenvalue weighted by molar-refractivity contribution is 6.32. The molecule has 1 heterocycles. The molecule has 3 aromatic rings. The summed E-state index contributed by atoms with van der Waals surface area (Å²) < 4.78 is 26.9. The molecule has 3 rings (SSSR count). The lowest BCUT2D eigenvalue weighted by Gasteiger charge is -2.14. The Morgan fingerprint density at radius 3 is 2.45 bits per heavy atom. The Morgan fingerprint density at radius 1 is 1.18 bits per heavy atom. The van der Waals surface area contributed by atoms with Crippen molar-refractivity contribution in [2.45, 2.75) is 32.5 Å². The average molecular weight is 539 g/mol. The summed E-state index contributed by atoms with van der Waals surface area (Å²) in [5.74, 6) is -2.85. The second-order valence-electron chi connectivity index (χ2n) is 8.09. The summed E-state index contributed by atoms with van der Waals surface area (Å²) in [4.78, 5) is 35.3. The highest BCUT2D eigenvalue weighted by Gasteiger charge is 2.20. The van der Waals surface area contributed by atoms with Crippen LogP contribution in [-0.2, 0) is 27.5 Å². The quantitative estimate of drug-likeness (QED) is 0.385. The lowest BCUT2D eigenvalue weighted by molar-refractivity contribution is -0.150. The number of rotatable bonds is 9. The topological polar surface area (TPSA) is 187 Å². The van der Waals surface area contributed by atoms with Gasteiger partial charge in [-0.25, -0.2) is 4.39 Å². The molecule has 1 aromatic heterocycles. The molecule has 0 aliphatic heterocycles. The molecule has 2 aromatic carbocycles. The van der Waals surface area contributed by atoms with Crippen molar-refractivity contribution in [3.05, 3.63) is 85.5 Å².